The Hall–Kier alpha value is -2.33. The summed E-state index contributed by atoms with van der Waals surface area (Å²) in [7, 11) is 0. The Labute approximate surface area is 146 Å². The molecule has 0 fully saturated rings. The topological polar surface area (TPSA) is 49.4 Å². The monoisotopic (exact) mass is 342 g/mol. The third kappa shape index (κ3) is 3.60. The second-order valence-electron chi connectivity index (χ2n) is 5.78. The molecule has 0 bridgehead atoms. The normalized spacial score (nSPS) is 14.6. The average molecular weight is 343 g/mol. The number of nitrogens with zero attached hydrogens (tertiary/aromatic N) is 1. The van der Waals surface area contributed by atoms with Crippen LogP contribution in [0.5, 0.6) is 0 Å². The fraction of sp³-hybridized carbons (Fsp3) is 0.263. The van der Waals surface area contributed by atoms with E-state index in [1.807, 2.05) is 53.4 Å². The predicted octanol–water partition coefficient (Wildman–Crippen LogP) is 3.39. The highest BCUT2D eigenvalue weighted by Crippen LogP contribution is 2.28. The van der Waals surface area contributed by atoms with Gasteiger partial charge in [-0.05, 0) is 29.7 Å². The first kappa shape index (κ1) is 16.5. The zero-order valence-corrected chi connectivity index (χ0v) is 14.1. The van der Waals surface area contributed by atoms with Gasteiger partial charge in [0.2, 0.25) is 11.8 Å². The summed E-state index contributed by atoms with van der Waals surface area (Å²) in [5, 5.41) is 2.76. The predicted molar refractivity (Wildman–Crippen MR) is 96.6 cm³/mol. The first-order chi connectivity index (χ1) is 11.7. The molecule has 0 saturated heterocycles. The van der Waals surface area contributed by atoms with Crippen LogP contribution in [0.1, 0.15) is 17.5 Å². The molecule has 0 saturated carbocycles. The number of carbonyl (C=O) groups excluding carboxylic acids is 2. The second-order valence-corrected chi connectivity index (χ2v) is 6.15. The maximum atomic E-state index is 11.6. The third-order valence-electron chi connectivity index (χ3n) is 4.08. The largest absolute Gasteiger partial charge is 0.326 e. The highest BCUT2D eigenvalue weighted by molar-refractivity contribution is 6.17. The highest BCUT2D eigenvalue weighted by Gasteiger charge is 2.25. The van der Waals surface area contributed by atoms with Crippen LogP contribution in [0.4, 0.5) is 11.4 Å². The van der Waals surface area contributed by atoms with Crippen molar-refractivity contribution < 1.29 is 9.59 Å². The van der Waals surface area contributed by atoms with Gasteiger partial charge in [0.1, 0.15) is 0 Å². The van der Waals surface area contributed by atoms with Crippen molar-refractivity contribution in [1.82, 2.24) is 0 Å². The number of amides is 2. The summed E-state index contributed by atoms with van der Waals surface area (Å²) < 4.78 is 0. The highest BCUT2D eigenvalue weighted by atomic mass is 35.5. The fourth-order valence-corrected chi connectivity index (χ4v) is 3.06. The van der Waals surface area contributed by atoms with E-state index in [4.69, 9.17) is 11.6 Å². The van der Waals surface area contributed by atoms with Crippen molar-refractivity contribution in [2.75, 3.05) is 22.6 Å². The van der Waals surface area contributed by atoms with E-state index in [9.17, 15) is 9.59 Å². The molecule has 5 heteroatoms. The summed E-state index contributed by atoms with van der Waals surface area (Å²) in [6.45, 7) is 0.735. The van der Waals surface area contributed by atoms with Gasteiger partial charge in [0.25, 0.3) is 0 Å². The number of hydrogen-bond donors (Lipinski definition) is 1. The molecule has 0 aliphatic carbocycles. The molecule has 2 aliphatic heterocycles. The molecule has 124 valence electrons. The Morgan fingerprint density at radius 1 is 0.958 bits per heavy atom. The van der Waals surface area contributed by atoms with Crippen LogP contribution in [0.25, 0.3) is 0 Å². The van der Waals surface area contributed by atoms with Gasteiger partial charge in [-0.15, -0.1) is 11.6 Å². The van der Waals surface area contributed by atoms with Crippen LogP contribution in [0.2, 0.25) is 0 Å². The van der Waals surface area contributed by atoms with Crippen molar-refractivity contribution in [2.24, 2.45) is 0 Å². The lowest BCUT2D eigenvalue weighted by atomic mass is 10.2. The smallest absolute Gasteiger partial charge is 0.231 e. The molecule has 0 spiro atoms. The van der Waals surface area contributed by atoms with E-state index in [1.165, 1.54) is 0 Å². The van der Waals surface area contributed by atoms with Crippen molar-refractivity contribution in [2.45, 2.75) is 19.3 Å². The van der Waals surface area contributed by atoms with Gasteiger partial charge in [-0.2, -0.15) is 0 Å². The molecule has 0 atom stereocenters. The molecule has 2 aliphatic rings. The zero-order chi connectivity index (χ0) is 16.9. The van der Waals surface area contributed by atoms with Gasteiger partial charge in [-0.3, -0.25) is 9.59 Å². The molecule has 4 nitrogen and oxygen atoms in total. The van der Waals surface area contributed by atoms with Crippen LogP contribution in [0, 0.1) is 0 Å². The lowest BCUT2D eigenvalue weighted by Gasteiger charge is -2.16. The molecule has 0 unspecified atom stereocenters. The number of fused-ring (bicyclic) bond motifs is 2. The van der Waals surface area contributed by atoms with Crippen molar-refractivity contribution in [3.63, 3.8) is 0 Å². The van der Waals surface area contributed by atoms with Gasteiger partial charge in [-0.1, -0.05) is 36.4 Å². The third-order valence-corrected chi connectivity index (χ3v) is 4.35. The Bertz CT molecular complexity index is 734. The van der Waals surface area contributed by atoms with E-state index in [2.05, 4.69) is 5.32 Å². The first-order valence-corrected chi connectivity index (χ1v) is 8.54. The quantitative estimate of drug-likeness (QED) is 0.869. The first-order valence-electron chi connectivity index (χ1n) is 8.01. The van der Waals surface area contributed by atoms with E-state index in [1.54, 1.807) is 0 Å². The number of alkyl halides is 1. The number of halogens is 1. The molecule has 24 heavy (non-hydrogen) atoms. The van der Waals surface area contributed by atoms with Crippen LogP contribution in [-0.4, -0.2) is 24.2 Å². The molecule has 2 aromatic rings. The van der Waals surface area contributed by atoms with Gasteiger partial charge in [-0.25, -0.2) is 0 Å². The van der Waals surface area contributed by atoms with E-state index in [0.29, 0.717) is 18.7 Å². The molecule has 2 aromatic carbocycles. The Morgan fingerprint density at radius 3 is 2.42 bits per heavy atom. The second kappa shape index (κ2) is 7.49. The standard InChI is InChI=1S/C11H12ClNO.C8H7NO/c12-6-3-7-13-10-5-2-1-4-9(10)8-11(13)14;10-8-5-6-3-1-2-4-7(6)9-8/h1-2,4-5H,3,6-8H2;1-4H,5H2,(H,9,10). The molecular weight excluding hydrogens is 324 g/mol. The van der Waals surface area contributed by atoms with E-state index in [-0.39, 0.29) is 11.8 Å². The van der Waals surface area contributed by atoms with Crippen LogP contribution in [0.3, 0.4) is 0 Å². The van der Waals surface area contributed by atoms with Crippen molar-refractivity contribution >= 4 is 34.8 Å². The maximum Gasteiger partial charge on any atom is 0.231 e. The maximum absolute atomic E-state index is 11.6. The summed E-state index contributed by atoms with van der Waals surface area (Å²) >= 11 is 5.62. The summed E-state index contributed by atoms with van der Waals surface area (Å²) in [5.41, 5.74) is 4.26. The van der Waals surface area contributed by atoms with Crippen LogP contribution >= 0.6 is 11.6 Å². The number of para-hydroxylation sites is 2. The van der Waals surface area contributed by atoms with Crippen molar-refractivity contribution in [3.05, 3.63) is 59.7 Å². The molecule has 0 aromatic heterocycles. The fourth-order valence-electron chi connectivity index (χ4n) is 2.94. The van der Waals surface area contributed by atoms with Gasteiger partial charge >= 0.3 is 0 Å². The summed E-state index contributed by atoms with van der Waals surface area (Å²) in [4.78, 5) is 24.2. The molecule has 0 radical (unpaired) electrons. The number of rotatable bonds is 3. The van der Waals surface area contributed by atoms with Crippen LogP contribution in [-0.2, 0) is 22.4 Å². The minimum atomic E-state index is 0.0983. The molecule has 4 rings (SSSR count). The summed E-state index contributed by atoms with van der Waals surface area (Å²) in [6, 6.07) is 15.7. The number of hydrogen-bond acceptors (Lipinski definition) is 2. The molecule has 1 N–H and O–H groups in total. The number of nitrogens with one attached hydrogen (secondary N) is 1. The van der Waals surface area contributed by atoms with Crippen molar-refractivity contribution in [1.29, 1.82) is 0 Å². The van der Waals surface area contributed by atoms with Crippen LogP contribution in [0.15, 0.2) is 48.5 Å². The summed E-state index contributed by atoms with van der Waals surface area (Å²) in [6.07, 6.45) is 1.93. The Balaban J connectivity index is 0.000000149. The molecular formula is C19H19ClN2O2. The summed E-state index contributed by atoms with van der Waals surface area (Å²) in [5.74, 6) is 0.892. The van der Waals surface area contributed by atoms with Gasteiger partial charge in [0.05, 0.1) is 12.8 Å². The molecule has 2 heterocycles. The van der Waals surface area contributed by atoms with Crippen LogP contribution < -0.4 is 10.2 Å². The zero-order valence-electron chi connectivity index (χ0n) is 13.3. The number of benzene rings is 2. The lowest BCUT2D eigenvalue weighted by Crippen LogP contribution is -2.27. The van der Waals surface area contributed by atoms with E-state index < -0.39 is 0 Å². The Kier molecular flexibility index (Phi) is 5.16. The number of carbonyl (C=O) groups is 2. The minimum absolute atomic E-state index is 0.0983. The van der Waals surface area contributed by atoms with Gasteiger partial charge in [0.15, 0.2) is 0 Å². The van der Waals surface area contributed by atoms with Gasteiger partial charge in [0, 0.05) is 23.8 Å². The van der Waals surface area contributed by atoms with E-state index >= 15 is 0 Å². The van der Waals surface area contributed by atoms with Gasteiger partial charge < -0.3 is 10.2 Å². The lowest BCUT2D eigenvalue weighted by molar-refractivity contribution is -0.117. The SMILES string of the molecule is O=C1Cc2ccccc2N1.O=C1Cc2ccccc2N1CCCCl. The van der Waals surface area contributed by atoms with E-state index in [0.717, 1.165) is 35.5 Å². The van der Waals surface area contributed by atoms with Crippen molar-refractivity contribution in [3.8, 4) is 0 Å². The Morgan fingerprint density at radius 2 is 1.67 bits per heavy atom. The minimum Gasteiger partial charge on any atom is -0.326 e. The average Bonchev–Trinajstić information content (AvgIpc) is 3.11. The number of anilines is 2. The molecule has 2 amide bonds.